The summed E-state index contributed by atoms with van der Waals surface area (Å²) in [5.74, 6) is -0.175. The van der Waals surface area contributed by atoms with Crippen LogP contribution in [0.15, 0.2) is 59.1 Å². The number of nitrogens with one attached hydrogen (secondary N) is 2. The number of rotatable bonds is 6. The van der Waals surface area contributed by atoms with Crippen LogP contribution in [0.5, 0.6) is 0 Å². The Bertz CT molecular complexity index is 1240. The zero-order chi connectivity index (χ0) is 24.2. The summed E-state index contributed by atoms with van der Waals surface area (Å²) in [5.41, 5.74) is 3.62. The fourth-order valence-corrected chi connectivity index (χ4v) is 4.84. The van der Waals surface area contributed by atoms with E-state index in [1.807, 2.05) is 19.1 Å². The summed E-state index contributed by atoms with van der Waals surface area (Å²) in [5, 5.41) is 6.97. The van der Waals surface area contributed by atoms with Gasteiger partial charge in [-0.15, -0.1) is 0 Å². The molecule has 176 valence electrons. The lowest BCUT2D eigenvalue weighted by Gasteiger charge is -2.16. The molecule has 1 saturated carbocycles. The number of benzene rings is 3. The Morgan fingerprint density at radius 1 is 0.941 bits per heavy atom. The van der Waals surface area contributed by atoms with Crippen LogP contribution in [0.3, 0.4) is 0 Å². The molecule has 0 heterocycles. The van der Waals surface area contributed by atoms with Gasteiger partial charge in [0.15, 0.2) is 5.78 Å². The van der Waals surface area contributed by atoms with Gasteiger partial charge in [0, 0.05) is 26.3 Å². The number of amides is 1. The van der Waals surface area contributed by atoms with Crippen LogP contribution < -0.4 is 10.6 Å². The third-order valence-electron chi connectivity index (χ3n) is 5.72. The van der Waals surface area contributed by atoms with Crippen LogP contribution in [0.2, 0.25) is 10.0 Å². The third kappa shape index (κ3) is 5.93. The lowest BCUT2D eigenvalue weighted by molar-refractivity contribution is 0.103. The molecule has 34 heavy (non-hydrogen) atoms. The summed E-state index contributed by atoms with van der Waals surface area (Å²) in [6.07, 6.45) is 3.45. The maximum Gasteiger partial charge on any atom is 0.411 e. The van der Waals surface area contributed by atoms with Crippen molar-refractivity contribution in [3.63, 3.8) is 0 Å². The Hall–Kier alpha value is -2.54. The largest absolute Gasteiger partial charge is 0.446 e. The second kappa shape index (κ2) is 10.8. The van der Waals surface area contributed by atoms with Gasteiger partial charge in [-0.05, 0) is 92.8 Å². The SMILES string of the molecule is Cc1cc(Cl)ccc1C(=O)c1ccc(Nc2ccc(Br)cc2NC(=O)OC2CCCC2)cc1Cl. The number of halogens is 3. The molecule has 1 aliphatic carbocycles. The van der Waals surface area contributed by atoms with Crippen LogP contribution >= 0.6 is 39.1 Å². The fourth-order valence-electron chi connectivity index (χ4n) is 3.99. The van der Waals surface area contributed by atoms with E-state index >= 15 is 0 Å². The third-order valence-corrected chi connectivity index (χ3v) is 6.76. The predicted molar refractivity (Wildman–Crippen MR) is 141 cm³/mol. The van der Waals surface area contributed by atoms with Gasteiger partial charge < -0.3 is 10.1 Å². The van der Waals surface area contributed by atoms with Crippen LogP contribution in [0, 0.1) is 6.92 Å². The van der Waals surface area contributed by atoms with Gasteiger partial charge in [0.2, 0.25) is 0 Å². The molecule has 0 bridgehead atoms. The zero-order valence-electron chi connectivity index (χ0n) is 18.5. The number of aryl methyl sites for hydroxylation is 1. The Morgan fingerprint density at radius 2 is 1.68 bits per heavy atom. The van der Waals surface area contributed by atoms with Gasteiger partial charge in [-0.2, -0.15) is 0 Å². The number of carbonyl (C=O) groups is 2. The van der Waals surface area contributed by atoms with E-state index in [4.69, 9.17) is 27.9 Å². The highest BCUT2D eigenvalue weighted by Gasteiger charge is 2.20. The molecule has 0 unspecified atom stereocenters. The molecule has 0 atom stereocenters. The molecule has 0 aromatic heterocycles. The van der Waals surface area contributed by atoms with Gasteiger partial charge in [-0.3, -0.25) is 10.1 Å². The van der Waals surface area contributed by atoms with Crippen molar-refractivity contribution >= 4 is 68.1 Å². The number of carbonyl (C=O) groups excluding carboxylic acids is 2. The van der Waals surface area contributed by atoms with Crippen molar-refractivity contribution in [3.05, 3.63) is 85.8 Å². The lowest BCUT2D eigenvalue weighted by Crippen LogP contribution is -2.20. The Morgan fingerprint density at radius 3 is 2.38 bits per heavy atom. The minimum atomic E-state index is -0.481. The maximum absolute atomic E-state index is 13.0. The van der Waals surface area contributed by atoms with Crippen molar-refractivity contribution in [3.8, 4) is 0 Å². The molecule has 0 saturated heterocycles. The van der Waals surface area contributed by atoms with E-state index in [0.29, 0.717) is 38.2 Å². The summed E-state index contributed by atoms with van der Waals surface area (Å²) in [7, 11) is 0. The van der Waals surface area contributed by atoms with E-state index in [1.165, 1.54) is 0 Å². The van der Waals surface area contributed by atoms with Crippen molar-refractivity contribution in [2.45, 2.75) is 38.7 Å². The standard InChI is InChI=1S/C26H23BrCl2N2O3/c1-15-12-17(28)7-9-20(15)25(32)21-10-8-18(14-22(21)29)30-23-11-6-16(27)13-24(23)31-26(33)34-19-4-2-3-5-19/h6-14,19,30H,2-5H2,1H3,(H,31,33). The first kappa shape index (κ1) is 24.6. The fraction of sp³-hybridized carbons (Fsp3) is 0.231. The molecule has 3 aromatic carbocycles. The van der Waals surface area contributed by atoms with Crippen molar-refractivity contribution in [2.75, 3.05) is 10.6 Å². The van der Waals surface area contributed by atoms with E-state index < -0.39 is 6.09 Å². The molecule has 1 fully saturated rings. The van der Waals surface area contributed by atoms with Gasteiger partial charge in [-0.1, -0.05) is 39.1 Å². The molecule has 5 nitrogen and oxygen atoms in total. The van der Waals surface area contributed by atoms with Crippen LogP contribution in [-0.4, -0.2) is 18.0 Å². The minimum absolute atomic E-state index is 0.0308. The highest BCUT2D eigenvalue weighted by Crippen LogP contribution is 2.32. The first-order valence-electron chi connectivity index (χ1n) is 10.9. The van der Waals surface area contributed by atoms with Gasteiger partial charge in [0.05, 0.1) is 16.4 Å². The first-order valence-corrected chi connectivity index (χ1v) is 12.5. The molecule has 1 amide bonds. The van der Waals surface area contributed by atoms with Crippen LogP contribution in [0.25, 0.3) is 0 Å². The number of anilines is 3. The molecule has 0 radical (unpaired) electrons. The quantitative estimate of drug-likeness (QED) is 0.296. The molecule has 2 N–H and O–H groups in total. The average Bonchev–Trinajstić information content (AvgIpc) is 3.28. The van der Waals surface area contributed by atoms with E-state index in [9.17, 15) is 9.59 Å². The second-order valence-electron chi connectivity index (χ2n) is 8.23. The smallest absolute Gasteiger partial charge is 0.411 e. The molecular formula is C26H23BrCl2N2O3. The topological polar surface area (TPSA) is 67.4 Å². The summed E-state index contributed by atoms with van der Waals surface area (Å²) >= 11 is 15.9. The molecule has 4 rings (SSSR count). The van der Waals surface area contributed by atoms with Crippen molar-refractivity contribution in [1.82, 2.24) is 0 Å². The van der Waals surface area contributed by atoms with Crippen molar-refractivity contribution in [2.24, 2.45) is 0 Å². The number of hydrogen-bond donors (Lipinski definition) is 2. The van der Waals surface area contributed by atoms with Crippen molar-refractivity contribution < 1.29 is 14.3 Å². The lowest BCUT2D eigenvalue weighted by atomic mass is 9.99. The highest BCUT2D eigenvalue weighted by molar-refractivity contribution is 9.10. The van der Waals surface area contributed by atoms with Gasteiger partial charge in [0.25, 0.3) is 0 Å². The van der Waals surface area contributed by atoms with Gasteiger partial charge >= 0.3 is 6.09 Å². The van der Waals surface area contributed by atoms with E-state index in [2.05, 4.69) is 26.6 Å². The normalized spacial score (nSPS) is 13.5. The Kier molecular flexibility index (Phi) is 7.81. The summed E-state index contributed by atoms with van der Waals surface area (Å²) in [4.78, 5) is 25.4. The van der Waals surface area contributed by atoms with Crippen molar-refractivity contribution in [1.29, 1.82) is 0 Å². The molecule has 1 aliphatic rings. The van der Waals surface area contributed by atoms with Crippen LogP contribution in [0.4, 0.5) is 21.9 Å². The number of hydrogen-bond acceptors (Lipinski definition) is 4. The monoisotopic (exact) mass is 560 g/mol. The average molecular weight is 562 g/mol. The van der Waals surface area contributed by atoms with E-state index in [1.54, 1.807) is 42.5 Å². The maximum atomic E-state index is 13.0. The van der Waals surface area contributed by atoms with Crippen LogP contribution in [-0.2, 0) is 4.74 Å². The summed E-state index contributed by atoms with van der Waals surface area (Å²) in [6.45, 7) is 1.84. The van der Waals surface area contributed by atoms with Crippen LogP contribution in [0.1, 0.15) is 47.2 Å². The molecule has 0 spiro atoms. The zero-order valence-corrected chi connectivity index (χ0v) is 21.6. The molecular weight excluding hydrogens is 539 g/mol. The number of ether oxygens (including phenoxy) is 1. The predicted octanol–water partition coefficient (Wildman–Crippen LogP) is 8.53. The summed E-state index contributed by atoms with van der Waals surface area (Å²) < 4.78 is 6.33. The summed E-state index contributed by atoms with van der Waals surface area (Å²) in [6, 6.07) is 15.8. The molecule has 8 heteroatoms. The molecule has 3 aromatic rings. The van der Waals surface area contributed by atoms with E-state index in [0.717, 1.165) is 35.7 Å². The minimum Gasteiger partial charge on any atom is -0.446 e. The van der Waals surface area contributed by atoms with E-state index in [-0.39, 0.29) is 11.9 Å². The molecule has 0 aliphatic heterocycles. The Balaban J connectivity index is 1.52. The van der Waals surface area contributed by atoms with Gasteiger partial charge in [-0.25, -0.2) is 4.79 Å². The highest BCUT2D eigenvalue weighted by atomic mass is 79.9. The number of ketones is 1. The second-order valence-corrected chi connectivity index (χ2v) is 9.99. The Labute approximate surface area is 216 Å². The first-order chi connectivity index (χ1) is 16.3. The van der Waals surface area contributed by atoms with Gasteiger partial charge in [0.1, 0.15) is 6.10 Å².